The van der Waals surface area contributed by atoms with Crippen LogP contribution in [0.4, 0.5) is 5.82 Å². The Balaban J connectivity index is 1.36. The van der Waals surface area contributed by atoms with Crippen molar-refractivity contribution in [3.8, 4) is 11.3 Å². The summed E-state index contributed by atoms with van der Waals surface area (Å²) in [4.78, 5) is 26.5. The number of hydrogen-bond donors (Lipinski definition) is 2. The Morgan fingerprint density at radius 3 is 2.67 bits per heavy atom. The molecule has 1 aliphatic rings. The van der Waals surface area contributed by atoms with E-state index in [1.165, 1.54) is 5.56 Å². The lowest BCUT2D eigenvalue weighted by molar-refractivity contribution is 0.233. The summed E-state index contributed by atoms with van der Waals surface area (Å²) in [5.74, 6) is 2.57. The molecule has 0 spiro atoms. The van der Waals surface area contributed by atoms with E-state index in [1.807, 2.05) is 44.2 Å². The number of aromatic nitrogens is 5. The Kier molecular flexibility index (Phi) is 6.02. The van der Waals surface area contributed by atoms with Gasteiger partial charge in [-0.1, -0.05) is 6.07 Å². The minimum Gasteiger partial charge on any atom is -0.363 e. The fraction of sp³-hybridized carbons (Fsp3) is 0.360. The molecule has 0 radical (unpaired) electrons. The molecule has 0 aliphatic carbocycles. The maximum Gasteiger partial charge on any atom is 0.132 e. The quantitative estimate of drug-likeness (QED) is 0.475. The zero-order valence-corrected chi connectivity index (χ0v) is 19.5. The number of aryl methyl sites for hydroxylation is 1. The summed E-state index contributed by atoms with van der Waals surface area (Å²) in [6.07, 6.45) is 2.59. The van der Waals surface area contributed by atoms with Crippen molar-refractivity contribution in [3.63, 3.8) is 0 Å². The molecule has 8 nitrogen and oxygen atoms in total. The lowest BCUT2D eigenvalue weighted by atomic mass is 10.1. The van der Waals surface area contributed by atoms with Gasteiger partial charge in [-0.05, 0) is 36.8 Å². The normalized spacial score (nSPS) is 14.6. The number of benzene rings is 1. The highest BCUT2D eigenvalue weighted by Crippen LogP contribution is 2.25. The molecular formula is C25H30N8. The smallest absolute Gasteiger partial charge is 0.132 e. The van der Waals surface area contributed by atoms with Gasteiger partial charge in [-0.25, -0.2) is 15.0 Å². The van der Waals surface area contributed by atoms with E-state index in [0.29, 0.717) is 6.42 Å². The van der Waals surface area contributed by atoms with Crippen molar-refractivity contribution in [2.24, 2.45) is 0 Å². The molecule has 0 unspecified atom stereocenters. The van der Waals surface area contributed by atoms with E-state index in [2.05, 4.69) is 54.4 Å². The third-order valence-corrected chi connectivity index (χ3v) is 5.95. The van der Waals surface area contributed by atoms with Crippen LogP contribution in [0.5, 0.6) is 0 Å². The van der Waals surface area contributed by atoms with Crippen LogP contribution < -0.4 is 10.2 Å². The maximum absolute atomic E-state index is 4.80. The second-order valence-electron chi connectivity index (χ2n) is 8.83. The molecular weight excluding hydrogens is 412 g/mol. The van der Waals surface area contributed by atoms with Crippen molar-refractivity contribution in [1.29, 1.82) is 0 Å². The van der Waals surface area contributed by atoms with Crippen LogP contribution in [0.15, 0.2) is 42.6 Å². The van der Waals surface area contributed by atoms with Gasteiger partial charge in [0.05, 0.1) is 16.7 Å². The second-order valence-corrected chi connectivity index (χ2v) is 8.83. The zero-order chi connectivity index (χ0) is 22.8. The van der Waals surface area contributed by atoms with Gasteiger partial charge in [0.2, 0.25) is 0 Å². The standard InChI is InChI=1S/C25H30N8/c1-17-28-22(15-25(29-17)32(2)3)19-4-5-21-23(13-19)31-24(30-21)14-20-12-18(6-7-27-20)16-33-10-8-26-9-11-33/h4-7,12-13,15,26H,8-11,14,16H2,1-3H3,(H,30,31). The molecule has 0 amide bonds. The number of nitrogens with zero attached hydrogens (tertiary/aromatic N) is 6. The molecule has 0 bridgehead atoms. The van der Waals surface area contributed by atoms with E-state index in [9.17, 15) is 0 Å². The lowest BCUT2D eigenvalue weighted by Gasteiger charge is -2.27. The minimum atomic E-state index is 0.677. The van der Waals surface area contributed by atoms with Crippen molar-refractivity contribution >= 4 is 16.9 Å². The number of H-pyrrole nitrogens is 1. The lowest BCUT2D eigenvalue weighted by Crippen LogP contribution is -2.42. The summed E-state index contributed by atoms with van der Waals surface area (Å²) in [5, 5.41) is 3.41. The molecule has 0 atom stereocenters. The first-order chi connectivity index (χ1) is 16.0. The first kappa shape index (κ1) is 21.5. The summed E-state index contributed by atoms with van der Waals surface area (Å²) < 4.78 is 0. The van der Waals surface area contributed by atoms with E-state index in [4.69, 9.17) is 4.98 Å². The average molecular weight is 443 g/mol. The molecule has 2 N–H and O–H groups in total. The number of anilines is 1. The Bertz CT molecular complexity index is 1260. The van der Waals surface area contributed by atoms with Gasteiger partial charge >= 0.3 is 0 Å². The summed E-state index contributed by atoms with van der Waals surface area (Å²) >= 11 is 0. The van der Waals surface area contributed by atoms with Crippen molar-refractivity contribution in [1.82, 2.24) is 35.1 Å². The third kappa shape index (κ3) is 5.02. The van der Waals surface area contributed by atoms with Gasteiger partial charge in [0.15, 0.2) is 0 Å². The number of fused-ring (bicyclic) bond motifs is 1. The Hall–Kier alpha value is -3.36. The molecule has 8 heteroatoms. The second kappa shape index (κ2) is 9.25. The van der Waals surface area contributed by atoms with E-state index >= 15 is 0 Å². The number of rotatable bonds is 6. The van der Waals surface area contributed by atoms with Gasteiger partial charge in [-0.15, -0.1) is 0 Å². The highest BCUT2D eigenvalue weighted by molar-refractivity contribution is 5.81. The van der Waals surface area contributed by atoms with Crippen molar-refractivity contribution in [3.05, 3.63) is 65.5 Å². The van der Waals surface area contributed by atoms with Gasteiger partial charge < -0.3 is 15.2 Å². The summed E-state index contributed by atoms with van der Waals surface area (Å²) in [5.41, 5.74) is 6.24. The first-order valence-electron chi connectivity index (χ1n) is 11.4. The molecule has 1 fully saturated rings. The molecule has 33 heavy (non-hydrogen) atoms. The van der Waals surface area contributed by atoms with Gasteiger partial charge in [-0.2, -0.15) is 0 Å². The van der Waals surface area contributed by atoms with Crippen LogP contribution in [0.25, 0.3) is 22.3 Å². The molecule has 1 aromatic carbocycles. The summed E-state index contributed by atoms with van der Waals surface area (Å²) in [7, 11) is 3.98. The minimum absolute atomic E-state index is 0.677. The Morgan fingerprint density at radius 2 is 1.85 bits per heavy atom. The van der Waals surface area contributed by atoms with Crippen LogP contribution in [0, 0.1) is 6.92 Å². The van der Waals surface area contributed by atoms with E-state index in [1.54, 1.807) is 0 Å². The largest absolute Gasteiger partial charge is 0.363 e. The topological polar surface area (TPSA) is 85.9 Å². The number of aromatic amines is 1. The highest BCUT2D eigenvalue weighted by atomic mass is 15.2. The molecule has 4 aromatic rings. The summed E-state index contributed by atoms with van der Waals surface area (Å²) in [6.45, 7) is 7.19. The predicted molar refractivity (Wildman–Crippen MR) is 131 cm³/mol. The molecule has 5 rings (SSSR count). The van der Waals surface area contributed by atoms with Crippen molar-refractivity contribution in [2.75, 3.05) is 45.2 Å². The van der Waals surface area contributed by atoms with Crippen LogP contribution in [-0.4, -0.2) is 70.1 Å². The van der Waals surface area contributed by atoms with Gasteiger partial charge in [0.1, 0.15) is 17.5 Å². The first-order valence-corrected chi connectivity index (χ1v) is 11.4. The fourth-order valence-corrected chi connectivity index (χ4v) is 4.26. The predicted octanol–water partition coefficient (Wildman–Crippen LogP) is 2.79. The van der Waals surface area contributed by atoms with Crippen LogP contribution in [0.3, 0.4) is 0 Å². The SMILES string of the molecule is Cc1nc(-c2ccc3nc(Cc4cc(CN5CCNCC5)ccn4)[nH]c3c2)cc(N(C)C)n1. The highest BCUT2D eigenvalue weighted by Gasteiger charge is 2.12. The molecule has 3 aromatic heterocycles. The van der Waals surface area contributed by atoms with Crippen molar-refractivity contribution < 1.29 is 0 Å². The molecule has 1 saturated heterocycles. The fourth-order valence-electron chi connectivity index (χ4n) is 4.26. The average Bonchev–Trinajstić information content (AvgIpc) is 3.21. The number of pyridine rings is 1. The number of hydrogen-bond acceptors (Lipinski definition) is 7. The number of piperazine rings is 1. The third-order valence-electron chi connectivity index (χ3n) is 5.95. The number of nitrogens with one attached hydrogen (secondary N) is 2. The van der Waals surface area contributed by atoms with Crippen LogP contribution in [-0.2, 0) is 13.0 Å². The van der Waals surface area contributed by atoms with Crippen LogP contribution in [0.2, 0.25) is 0 Å². The Morgan fingerprint density at radius 1 is 1.00 bits per heavy atom. The van der Waals surface area contributed by atoms with Crippen molar-refractivity contribution in [2.45, 2.75) is 19.9 Å². The van der Waals surface area contributed by atoms with E-state index in [-0.39, 0.29) is 0 Å². The van der Waals surface area contributed by atoms with E-state index < -0.39 is 0 Å². The molecule has 170 valence electrons. The van der Waals surface area contributed by atoms with Crippen LogP contribution in [0.1, 0.15) is 22.9 Å². The Labute approximate surface area is 194 Å². The molecule has 1 aliphatic heterocycles. The van der Waals surface area contributed by atoms with Crippen LogP contribution >= 0.6 is 0 Å². The number of imidazole rings is 1. The maximum atomic E-state index is 4.80. The molecule has 0 saturated carbocycles. The van der Waals surface area contributed by atoms with Gasteiger partial charge in [0.25, 0.3) is 0 Å². The van der Waals surface area contributed by atoms with Gasteiger partial charge in [0, 0.05) is 76.8 Å². The monoisotopic (exact) mass is 442 g/mol. The molecule has 4 heterocycles. The van der Waals surface area contributed by atoms with Gasteiger partial charge in [-0.3, -0.25) is 9.88 Å². The summed E-state index contributed by atoms with van der Waals surface area (Å²) in [6, 6.07) is 12.6. The van der Waals surface area contributed by atoms with E-state index in [0.717, 1.165) is 78.2 Å². The zero-order valence-electron chi connectivity index (χ0n) is 19.5.